The molecular weight excluding hydrogens is 208 g/mol. The summed E-state index contributed by atoms with van der Waals surface area (Å²) in [5.41, 5.74) is -1.10. The van der Waals surface area contributed by atoms with Crippen LogP contribution in [0.3, 0.4) is 0 Å². The van der Waals surface area contributed by atoms with Gasteiger partial charge >= 0.3 is 5.82 Å². The Morgan fingerprint density at radius 1 is 1.67 bits per heavy atom. The summed E-state index contributed by atoms with van der Waals surface area (Å²) >= 11 is 0. The number of hydrogen-bond acceptors (Lipinski definition) is 4. The number of halogens is 2. The molecule has 1 aromatic rings. The van der Waals surface area contributed by atoms with Gasteiger partial charge in [0.1, 0.15) is 17.8 Å². The monoisotopic (exact) mass is 213 g/mol. The van der Waals surface area contributed by atoms with Crippen LogP contribution >= 0.6 is 0 Å². The van der Waals surface area contributed by atoms with E-state index in [9.17, 15) is 18.9 Å². The normalized spacial score (nSPS) is 10.1. The first-order valence-electron chi connectivity index (χ1n) is 3.81. The Labute approximate surface area is 83.1 Å². The Morgan fingerprint density at radius 3 is 2.67 bits per heavy atom. The van der Waals surface area contributed by atoms with E-state index < -0.39 is 22.7 Å². The Balaban J connectivity index is 3.58. The minimum Gasteiger partial charge on any atom is -0.358 e. The zero-order valence-corrected chi connectivity index (χ0v) is 7.57. The van der Waals surface area contributed by atoms with E-state index in [-0.39, 0.29) is 11.1 Å². The standard InChI is InChI=1S/C8H5F2N3O2/c1-4-3-12-8(13(14)15)6(7(9)10)5(4)2-11/h3,7H,1H3. The fourth-order valence-corrected chi connectivity index (χ4v) is 1.12. The highest BCUT2D eigenvalue weighted by Crippen LogP contribution is 2.31. The topological polar surface area (TPSA) is 79.8 Å². The molecule has 15 heavy (non-hydrogen) atoms. The highest BCUT2D eigenvalue weighted by molar-refractivity contribution is 5.50. The highest BCUT2D eigenvalue weighted by Gasteiger charge is 2.28. The van der Waals surface area contributed by atoms with E-state index in [1.807, 2.05) is 0 Å². The summed E-state index contributed by atoms with van der Waals surface area (Å²) in [6.45, 7) is 1.39. The highest BCUT2D eigenvalue weighted by atomic mass is 19.3. The van der Waals surface area contributed by atoms with E-state index in [4.69, 9.17) is 5.26 Å². The predicted octanol–water partition coefficient (Wildman–Crippen LogP) is 2.11. The van der Waals surface area contributed by atoms with Crippen LogP contribution in [0.5, 0.6) is 0 Å². The van der Waals surface area contributed by atoms with E-state index in [0.29, 0.717) is 0 Å². The van der Waals surface area contributed by atoms with Crippen molar-refractivity contribution in [3.63, 3.8) is 0 Å². The molecule has 0 bridgehead atoms. The molecule has 0 aliphatic carbocycles. The lowest BCUT2D eigenvalue weighted by Gasteiger charge is -2.04. The van der Waals surface area contributed by atoms with Crippen LogP contribution in [0, 0.1) is 28.4 Å². The van der Waals surface area contributed by atoms with Crippen LogP contribution in [0.15, 0.2) is 6.20 Å². The van der Waals surface area contributed by atoms with E-state index in [1.165, 1.54) is 13.0 Å². The van der Waals surface area contributed by atoms with Gasteiger partial charge in [0.2, 0.25) is 0 Å². The second-order valence-corrected chi connectivity index (χ2v) is 2.72. The lowest BCUT2D eigenvalue weighted by atomic mass is 10.1. The number of aromatic nitrogens is 1. The maximum Gasteiger partial charge on any atom is 0.373 e. The first-order chi connectivity index (χ1) is 6.99. The van der Waals surface area contributed by atoms with Crippen LogP contribution in [0.2, 0.25) is 0 Å². The van der Waals surface area contributed by atoms with E-state index in [2.05, 4.69) is 4.98 Å². The van der Waals surface area contributed by atoms with Crippen LogP contribution in [-0.2, 0) is 0 Å². The Hall–Kier alpha value is -2.10. The minimum absolute atomic E-state index is 0.193. The van der Waals surface area contributed by atoms with Gasteiger partial charge in [-0.15, -0.1) is 0 Å². The van der Waals surface area contributed by atoms with Crippen LogP contribution < -0.4 is 0 Å². The molecule has 0 saturated carbocycles. The van der Waals surface area contributed by atoms with E-state index in [0.717, 1.165) is 6.20 Å². The molecule has 1 heterocycles. The molecule has 0 aliphatic rings. The Bertz CT molecular complexity index is 454. The SMILES string of the molecule is Cc1cnc([N+](=O)[O-])c(C(F)F)c1C#N. The minimum atomic E-state index is -3.09. The second-order valence-electron chi connectivity index (χ2n) is 2.72. The van der Waals surface area contributed by atoms with Gasteiger partial charge < -0.3 is 10.1 Å². The van der Waals surface area contributed by atoms with Crippen molar-refractivity contribution in [2.24, 2.45) is 0 Å². The Kier molecular flexibility index (Phi) is 2.90. The third-order valence-electron chi connectivity index (χ3n) is 1.79. The molecule has 5 nitrogen and oxygen atoms in total. The molecule has 0 N–H and O–H groups in total. The summed E-state index contributed by atoms with van der Waals surface area (Å²) in [6, 6.07) is 1.52. The maximum absolute atomic E-state index is 12.5. The van der Waals surface area contributed by atoms with Crippen molar-refractivity contribution in [3.8, 4) is 6.07 Å². The van der Waals surface area contributed by atoms with E-state index in [1.54, 1.807) is 0 Å². The van der Waals surface area contributed by atoms with Gasteiger partial charge in [0, 0.05) is 5.56 Å². The van der Waals surface area contributed by atoms with Crippen molar-refractivity contribution in [1.29, 1.82) is 5.26 Å². The van der Waals surface area contributed by atoms with Gasteiger partial charge in [-0.2, -0.15) is 5.26 Å². The van der Waals surface area contributed by atoms with Gasteiger partial charge in [0.15, 0.2) is 0 Å². The van der Waals surface area contributed by atoms with Crippen molar-refractivity contribution in [2.45, 2.75) is 13.3 Å². The van der Waals surface area contributed by atoms with Gasteiger partial charge in [0.05, 0.1) is 5.56 Å². The molecule has 0 aliphatic heterocycles. The fraction of sp³-hybridized carbons (Fsp3) is 0.250. The van der Waals surface area contributed by atoms with Crippen LogP contribution in [-0.4, -0.2) is 9.91 Å². The molecule has 0 saturated heterocycles. The molecule has 0 radical (unpaired) electrons. The quantitative estimate of drug-likeness (QED) is 0.556. The summed E-state index contributed by atoms with van der Waals surface area (Å²) < 4.78 is 25.0. The summed E-state index contributed by atoms with van der Waals surface area (Å²) in [5, 5.41) is 19.0. The molecule has 0 fully saturated rings. The third kappa shape index (κ3) is 1.88. The smallest absolute Gasteiger partial charge is 0.358 e. The lowest BCUT2D eigenvalue weighted by Crippen LogP contribution is -2.03. The zero-order chi connectivity index (χ0) is 11.6. The number of aryl methyl sites for hydroxylation is 1. The first kappa shape index (κ1) is 11.0. The van der Waals surface area contributed by atoms with Crippen molar-refractivity contribution in [3.05, 3.63) is 33.0 Å². The van der Waals surface area contributed by atoms with Crippen molar-refractivity contribution >= 4 is 5.82 Å². The molecule has 0 spiro atoms. The molecule has 0 unspecified atom stereocenters. The number of hydrogen-bond donors (Lipinski definition) is 0. The summed E-state index contributed by atoms with van der Waals surface area (Å²) in [6.07, 6.45) is -2.06. The molecular formula is C8H5F2N3O2. The molecule has 1 aromatic heterocycles. The summed E-state index contributed by atoms with van der Waals surface area (Å²) in [5.74, 6) is -0.966. The van der Waals surface area contributed by atoms with Gasteiger partial charge in [-0.05, 0) is 16.8 Å². The van der Waals surface area contributed by atoms with Gasteiger partial charge in [-0.3, -0.25) is 0 Å². The molecule has 0 atom stereocenters. The number of pyridine rings is 1. The number of nitro groups is 1. The number of nitrogens with zero attached hydrogens (tertiary/aromatic N) is 3. The van der Waals surface area contributed by atoms with Crippen LogP contribution in [0.25, 0.3) is 0 Å². The van der Waals surface area contributed by atoms with Gasteiger partial charge in [-0.25, -0.2) is 8.78 Å². The van der Waals surface area contributed by atoms with Crippen LogP contribution in [0.1, 0.15) is 23.1 Å². The number of rotatable bonds is 2. The average Bonchev–Trinajstić information content (AvgIpc) is 2.16. The van der Waals surface area contributed by atoms with Crippen molar-refractivity contribution in [2.75, 3.05) is 0 Å². The molecule has 78 valence electrons. The van der Waals surface area contributed by atoms with Crippen LogP contribution in [0.4, 0.5) is 14.6 Å². The average molecular weight is 213 g/mol. The third-order valence-corrected chi connectivity index (χ3v) is 1.79. The lowest BCUT2D eigenvalue weighted by molar-refractivity contribution is -0.391. The summed E-state index contributed by atoms with van der Waals surface area (Å²) in [7, 11) is 0. The maximum atomic E-state index is 12.5. The molecule has 0 amide bonds. The largest absolute Gasteiger partial charge is 0.373 e. The van der Waals surface area contributed by atoms with Crippen molar-refractivity contribution < 1.29 is 13.7 Å². The first-order valence-corrected chi connectivity index (χ1v) is 3.81. The van der Waals surface area contributed by atoms with Gasteiger partial charge in [-0.1, -0.05) is 0 Å². The predicted molar refractivity (Wildman–Crippen MR) is 45.3 cm³/mol. The molecule has 7 heteroatoms. The second kappa shape index (κ2) is 3.96. The van der Waals surface area contributed by atoms with Gasteiger partial charge in [0.25, 0.3) is 6.43 Å². The summed E-state index contributed by atoms with van der Waals surface area (Å²) in [4.78, 5) is 12.7. The number of nitriles is 1. The zero-order valence-electron chi connectivity index (χ0n) is 7.57. The number of alkyl halides is 2. The Morgan fingerprint density at radius 2 is 2.27 bits per heavy atom. The fourth-order valence-electron chi connectivity index (χ4n) is 1.12. The van der Waals surface area contributed by atoms with E-state index >= 15 is 0 Å². The van der Waals surface area contributed by atoms with Crippen molar-refractivity contribution in [1.82, 2.24) is 4.98 Å². The molecule has 0 aromatic carbocycles. The molecule has 1 rings (SSSR count).